The summed E-state index contributed by atoms with van der Waals surface area (Å²) in [6.45, 7) is 4.14. The van der Waals surface area contributed by atoms with Gasteiger partial charge in [0.25, 0.3) is 5.69 Å². The second-order valence-corrected chi connectivity index (χ2v) is 7.74. The molecule has 0 saturated carbocycles. The maximum atomic E-state index is 11.4. The molecule has 0 saturated heterocycles. The van der Waals surface area contributed by atoms with Gasteiger partial charge in [0.2, 0.25) is 0 Å². The van der Waals surface area contributed by atoms with E-state index in [0.717, 1.165) is 38.6 Å². The first-order chi connectivity index (χ1) is 15.5. The van der Waals surface area contributed by atoms with E-state index in [1.165, 1.54) is 17.7 Å². The Morgan fingerprint density at radius 3 is 2.56 bits per heavy atom. The van der Waals surface area contributed by atoms with E-state index >= 15 is 0 Å². The Morgan fingerprint density at radius 2 is 1.81 bits per heavy atom. The van der Waals surface area contributed by atoms with Crippen molar-refractivity contribution in [1.82, 2.24) is 14.8 Å². The predicted octanol–water partition coefficient (Wildman–Crippen LogP) is 5.77. The van der Waals surface area contributed by atoms with E-state index in [1.807, 2.05) is 36.5 Å². The summed E-state index contributed by atoms with van der Waals surface area (Å²) < 4.78 is 7.20. The molecule has 5 rings (SSSR count). The molecule has 0 amide bonds. The number of fused-ring (bicyclic) bond motifs is 3. The molecule has 158 valence electrons. The second-order valence-electron chi connectivity index (χ2n) is 7.74. The van der Waals surface area contributed by atoms with E-state index < -0.39 is 4.92 Å². The van der Waals surface area contributed by atoms with Crippen molar-refractivity contribution < 1.29 is 9.66 Å². The number of aromatic nitrogens is 3. The molecule has 0 bridgehead atoms. The van der Waals surface area contributed by atoms with Crippen LogP contribution < -0.4 is 4.74 Å². The van der Waals surface area contributed by atoms with Crippen molar-refractivity contribution in [2.75, 3.05) is 7.11 Å². The monoisotopic (exact) mass is 424 g/mol. The standard InChI is InChI=1S/C25H20N4O3/c1-15-7-8-17(11-16(15)2)24-22-14-26-23-10-9-20(32-3)13-21(23)25(22)28(27-24)18-5-4-6-19(12-18)29(30)31/h4-14H,1-3H3. The fourth-order valence-electron chi connectivity index (χ4n) is 3.92. The SMILES string of the molecule is COc1ccc2ncc3c(-c4ccc(C)c(C)c4)nn(-c4cccc([N+](=O)[O-])c4)c3c2c1. The number of benzene rings is 3. The highest BCUT2D eigenvalue weighted by molar-refractivity contribution is 6.09. The van der Waals surface area contributed by atoms with Crippen molar-refractivity contribution in [2.24, 2.45) is 0 Å². The highest BCUT2D eigenvalue weighted by Crippen LogP contribution is 2.36. The fraction of sp³-hybridized carbons (Fsp3) is 0.120. The van der Waals surface area contributed by atoms with Gasteiger partial charge in [-0.1, -0.05) is 18.2 Å². The van der Waals surface area contributed by atoms with Gasteiger partial charge in [-0.2, -0.15) is 5.10 Å². The van der Waals surface area contributed by atoms with Gasteiger partial charge in [-0.3, -0.25) is 15.1 Å². The number of nitrogens with zero attached hydrogens (tertiary/aromatic N) is 4. The van der Waals surface area contributed by atoms with Gasteiger partial charge in [-0.15, -0.1) is 0 Å². The van der Waals surface area contributed by atoms with Crippen molar-refractivity contribution in [3.8, 4) is 22.7 Å². The molecule has 7 heteroatoms. The number of non-ortho nitro benzene ring substituents is 1. The van der Waals surface area contributed by atoms with Gasteiger partial charge in [0.05, 0.1) is 28.8 Å². The number of ether oxygens (including phenoxy) is 1. The molecule has 0 aliphatic carbocycles. The topological polar surface area (TPSA) is 83.1 Å². The summed E-state index contributed by atoms with van der Waals surface area (Å²) in [5.74, 6) is 0.700. The third kappa shape index (κ3) is 3.15. The molecule has 32 heavy (non-hydrogen) atoms. The molecule has 2 aromatic heterocycles. The molecule has 3 aromatic carbocycles. The minimum atomic E-state index is -0.401. The normalized spacial score (nSPS) is 11.2. The zero-order valence-electron chi connectivity index (χ0n) is 17.9. The number of aryl methyl sites for hydroxylation is 2. The van der Waals surface area contributed by atoms with Gasteiger partial charge >= 0.3 is 0 Å². The lowest BCUT2D eigenvalue weighted by molar-refractivity contribution is -0.384. The molecule has 0 fully saturated rings. The van der Waals surface area contributed by atoms with Crippen LogP contribution in [0.25, 0.3) is 38.8 Å². The van der Waals surface area contributed by atoms with Crippen molar-refractivity contribution in [3.05, 3.63) is 88.1 Å². The Bertz CT molecular complexity index is 1520. The van der Waals surface area contributed by atoms with Gasteiger partial charge in [0.1, 0.15) is 11.4 Å². The van der Waals surface area contributed by atoms with Crippen LogP contribution in [0.4, 0.5) is 5.69 Å². The number of pyridine rings is 1. The van der Waals surface area contributed by atoms with E-state index in [2.05, 4.69) is 31.0 Å². The third-order valence-electron chi connectivity index (χ3n) is 5.78. The lowest BCUT2D eigenvalue weighted by atomic mass is 10.0. The minimum Gasteiger partial charge on any atom is -0.497 e. The summed E-state index contributed by atoms with van der Waals surface area (Å²) in [6.07, 6.45) is 1.81. The Kier molecular flexibility index (Phi) is 4.59. The van der Waals surface area contributed by atoms with E-state index in [1.54, 1.807) is 17.9 Å². The second kappa shape index (κ2) is 7.46. The average Bonchev–Trinajstić information content (AvgIpc) is 3.21. The van der Waals surface area contributed by atoms with E-state index in [9.17, 15) is 10.1 Å². The molecule has 0 aliphatic rings. The molecule has 7 nitrogen and oxygen atoms in total. The molecule has 0 atom stereocenters. The Balaban J connectivity index is 1.89. The Labute approximate surface area is 184 Å². The summed E-state index contributed by atoms with van der Waals surface area (Å²) in [6, 6.07) is 18.4. The van der Waals surface area contributed by atoms with Gasteiger partial charge in [-0.25, -0.2) is 4.68 Å². The first kappa shape index (κ1) is 19.7. The van der Waals surface area contributed by atoms with Crippen LogP contribution >= 0.6 is 0 Å². The highest BCUT2D eigenvalue weighted by atomic mass is 16.6. The molecule has 2 heterocycles. The Hall–Kier alpha value is -4.26. The van der Waals surface area contributed by atoms with E-state index in [4.69, 9.17) is 9.84 Å². The largest absolute Gasteiger partial charge is 0.497 e. The van der Waals surface area contributed by atoms with Crippen LogP contribution in [0.15, 0.2) is 66.9 Å². The van der Waals surface area contributed by atoms with Crippen LogP contribution in [0.2, 0.25) is 0 Å². The van der Waals surface area contributed by atoms with Crippen LogP contribution in [-0.2, 0) is 0 Å². The van der Waals surface area contributed by atoms with Crippen molar-refractivity contribution >= 4 is 27.5 Å². The van der Waals surface area contributed by atoms with Crippen molar-refractivity contribution in [1.29, 1.82) is 0 Å². The summed E-state index contributed by atoms with van der Waals surface area (Å²) in [7, 11) is 1.62. The number of nitro benzene ring substituents is 1. The first-order valence-electron chi connectivity index (χ1n) is 10.1. The average molecular weight is 424 g/mol. The number of hydrogen-bond donors (Lipinski definition) is 0. The maximum absolute atomic E-state index is 11.4. The minimum absolute atomic E-state index is 0.00909. The molecule has 0 aliphatic heterocycles. The lowest BCUT2D eigenvalue weighted by Crippen LogP contribution is -1.99. The first-order valence-corrected chi connectivity index (χ1v) is 10.1. The predicted molar refractivity (Wildman–Crippen MR) is 124 cm³/mol. The number of hydrogen-bond acceptors (Lipinski definition) is 5. The zero-order chi connectivity index (χ0) is 22.4. The van der Waals surface area contributed by atoms with E-state index in [0.29, 0.717) is 11.4 Å². The van der Waals surface area contributed by atoms with Crippen LogP contribution in [0.1, 0.15) is 11.1 Å². The quantitative estimate of drug-likeness (QED) is 0.270. The number of methoxy groups -OCH3 is 1. The van der Waals surface area contributed by atoms with Gasteiger partial charge in [0.15, 0.2) is 0 Å². The van der Waals surface area contributed by atoms with Crippen molar-refractivity contribution in [3.63, 3.8) is 0 Å². The molecule has 0 unspecified atom stereocenters. The third-order valence-corrected chi connectivity index (χ3v) is 5.78. The van der Waals surface area contributed by atoms with Gasteiger partial charge in [0, 0.05) is 34.7 Å². The highest BCUT2D eigenvalue weighted by Gasteiger charge is 2.19. The zero-order valence-corrected chi connectivity index (χ0v) is 17.9. The number of nitro groups is 1. The smallest absolute Gasteiger partial charge is 0.271 e. The molecule has 0 spiro atoms. The summed E-state index contributed by atoms with van der Waals surface area (Å²) in [5, 5.41) is 18.0. The molecule has 0 radical (unpaired) electrons. The lowest BCUT2D eigenvalue weighted by Gasteiger charge is -2.07. The maximum Gasteiger partial charge on any atom is 0.271 e. The van der Waals surface area contributed by atoms with E-state index in [-0.39, 0.29) is 5.69 Å². The molecular formula is C25H20N4O3. The van der Waals surface area contributed by atoms with Gasteiger partial charge < -0.3 is 4.74 Å². The van der Waals surface area contributed by atoms with Crippen LogP contribution in [0, 0.1) is 24.0 Å². The molecular weight excluding hydrogens is 404 g/mol. The summed E-state index contributed by atoms with van der Waals surface area (Å²) in [4.78, 5) is 15.6. The number of rotatable bonds is 4. The Morgan fingerprint density at radius 1 is 0.969 bits per heavy atom. The fourth-order valence-corrected chi connectivity index (χ4v) is 3.92. The molecule has 5 aromatic rings. The van der Waals surface area contributed by atoms with Gasteiger partial charge in [-0.05, 0) is 55.3 Å². The summed E-state index contributed by atoms with van der Waals surface area (Å²) in [5.41, 5.74) is 6.32. The van der Waals surface area contributed by atoms with Crippen molar-refractivity contribution in [2.45, 2.75) is 13.8 Å². The van der Waals surface area contributed by atoms with Crippen LogP contribution in [-0.4, -0.2) is 26.8 Å². The van der Waals surface area contributed by atoms with Crippen LogP contribution in [0.3, 0.4) is 0 Å². The summed E-state index contributed by atoms with van der Waals surface area (Å²) >= 11 is 0. The van der Waals surface area contributed by atoms with Crippen LogP contribution in [0.5, 0.6) is 5.75 Å². The molecule has 0 N–H and O–H groups in total.